The highest BCUT2D eigenvalue weighted by molar-refractivity contribution is 5.96. The van der Waals surface area contributed by atoms with Crippen molar-refractivity contribution in [3.05, 3.63) is 29.8 Å². The van der Waals surface area contributed by atoms with Crippen LogP contribution in [0, 0.1) is 0 Å². The second-order valence-corrected chi connectivity index (χ2v) is 4.66. The maximum Gasteiger partial charge on any atom is 0.326 e. The molecule has 1 amide bonds. The Morgan fingerprint density at radius 2 is 1.90 bits per heavy atom. The molecule has 0 spiro atoms. The minimum Gasteiger partial charge on any atom is -0.494 e. The van der Waals surface area contributed by atoms with Crippen molar-refractivity contribution in [2.24, 2.45) is 0 Å². The van der Waals surface area contributed by atoms with Gasteiger partial charge in [0, 0.05) is 12.6 Å². The van der Waals surface area contributed by atoms with Crippen LogP contribution in [0.15, 0.2) is 24.3 Å². The molecule has 5 nitrogen and oxygen atoms in total. The third-order valence-electron chi connectivity index (χ3n) is 3.13. The number of likely N-dealkylation sites (N-methyl/N-ethyl adjacent to an activating group) is 1. The van der Waals surface area contributed by atoms with Crippen LogP contribution in [0.2, 0.25) is 0 Å². The Kier molecular flexibility index (Phi) is 6.03. The normalized spacial score (nSPS) is 11.8. The van der Waals surface area contributed by atoms with Crippen molar-refractivity contribution in [3.8, 4) is 5.75 Å². The third kappa shape index (κ3) is 4.26. The predicted molar refractivity (Wildman–Crippen MR) is 76.0 cm³/mol. The van der Waals surface area contributed by atoms with Gasteiger partial charge in [0.05, 0.1) is 6.61 Å². The highest BCUT2D eigenvalue weighted by atomic mass is 16.5. The lowest BCUT2D eigenvalue weighted by molar-refractivity contribution is -0.141. The van der Waals surface area contributed by atoms with Crippen LogP contribution in [0.5, 0.6) is 5.75 Å². The number of carbonyl (C=O) groups is 2. The van der Waals surface area contributed by atoms with E-state index in [0.29, 0.717) is 17.9 Å². The van der Waals surface area contributed by atoms with Crippen LogP contribution in [0.3, 0.4) is 0 Å². The van der Waals surface area contributed by atoms with Gasteiger partial charge in [-0.2, -0.15) is 0 Å². The van der Waals surface area contributed by atoms with Gasteiger partial charge in [-0.3, -0.25) is 4.79 Å². The van der Waals surface area contributed by atoms with Crippen LogP contribution in [0.4, 0.5) is 0 Å². The lowest BCUT2D eigenvalue weighted by atomic mass is 10.1. The number of amides is 1. The Morgan fingerprint density at radius 1 is 1.30 bits per heavy atom. The first-order valence-corrected chi connectivity index (χ1v) is 6.70. The summed E-state index contributed by atoms with van der Waals surface area (Å²) in [7, 11) is 1.48. The number of ether oxygens (including phenoxy) is 1. The van der Waals surface area contributed by atoms with Crippen molar-refractivity contribution in [2.45, 2.75) is 32.7 Å². The summed E-state index contributed by atoms with van der Waals surface area (Å²) < 4.78 is 5.51. The quantitative estimate of drug-likeness (QED) is 0.778. The smallest absolute Gasteiger partial charge is 0.326 e. The van der Waals surface area contributed by atoms with Crippen LogP contribution in [0.25, 0.3) is 0 Å². The first-order valence-electron chi connectivity index (χ1n) is 6.70. The fraction of sp³-hybridized carbons (Fsp3) is 0.467. The summed E-state index contributed by atoms with van der Waals surface area (Å²) in [5.41, 5.74) is 0.448. The number of nitrogens with zero attached hydrogens (tertiary/aromatic N) is 1. The van der Waals surface area contributed by atoms with Gasteiger partial charge in [0.15, 0.2) is 0 Å². The Bertz CT molecular complexity index is 455. The molecule has 5 heteroatoms. The van der Waals surface area contributed by atoms with Gasteiger partial charge in [0.25, 0.3) is 5.91 Å². The lowest BCUT2D eigenvalue weighted by Crippen LogP contribution is -2.40. The monoisotopic (exact) mass is 279 g/mol. The summed E-state index contributed by atoms with van der Waals surface area (Å²) in [6.45, 7) is 4.22. The molecule has 20 heavy (non-hydrogen) atoms. The van der Waals surface area contributed by atoms with Gasteiger partial charge < -0.3 is 14.7 Å². The molecule has 110 valence electrons. The molecule has 1 atom stereocenters. The number of carboxylic acids is 1. The number of hydrogen-bond acceptors (Lipinski definition) is 3. The van der Waals surface area contributed by atoms with Gasteiger partial charge in [-0.1, -0.05) is 13.3 Å². The summed E-state index contributed by atoms with van der Waals surface area (Å²) in [4.78, 5) is 24.2. The zero-order chi connectivity index (χ0) is 15.1. The Morgan fingerprint density at radius 3 is 2.40 bits per heavy atom. The molecule has 0 saturated carbocycles. The van der Waals surface area contributed by atoms with Crippen molar-refractivity contribution in [2.75, 3.05) is 13.7 Å². The standard InChI is InChI=1S/C15H21NO4/c1-4-5-10-20-13-8-6-12(7-9-13)14(17)16(3)11(2)15(18)19/h6-9,11H,4-5,10H2,1-3H3,(H,18,19)/t11-/m0/s1. The van der Waals surface area contributed by atoms with E-state index in [9.17, 15) is 9.59 Å². The molecule has 0 saturated heterocycles. The van der Waals surface area contributed by atoms with Crippen LogP contribution >= 0.6 is 0 Å². The second-order valence-electron chi connectivity index (χ2n) is 4.66. The van der Waals surface area contributed by atoms with E-state index < -0.39 is 12.0 Å². The first kappa shape index (κ1) is 16.0. The fourth-order valence-corrected chi connectivity index (χ4v) is 1.57. The molecule has 1 rings (SSSR count). The molecule has 0 aliphatic carbocycles. The topological polar surface area (TPSA) is 66.8 Å². The maximum atomic E-state index is 12.1. The van der Waals surface area contributed by atoms with Gasteiger partial charge >= 0.3 is 5.97 Å². The molecule has 0 aliphatic heterocycles. The fourth-order valence-electron chi connectivity index (χ4n) is 1.57. The lowest BCUT2D eigenvalue weighted by Gasteiger charge is -2.21. The number of hydrogen-bond donors (Lipinski definition) is 1. The zero-order valence-electron chi connectivity index (χ0n) is 12.1. The number of carbonyl (C=O) groups excluding carboxylic acids is 1. The van der Waals surface area contributed by atoms with E-state index in [0.717, 1.165) is 12.8 Å². The van der Waals surface area contributed by atoms with E-state index in [2.05, 4.69) is 6.92 Å². The summed E-state index contributed by atoms with van der Waals surface area (Å²) in [6, 6.07) is 5.89. The summed E-state index contributed by atoms with van der Waals surface area (Å²) in [5.74, 6) is -0.635. The number of benzene rings is 1. The summed E-state index contributed by atoms with van der Waals surface area (Å²) in [6.07, 6.45) is 2.05. The number of rotatable bonds is 7. The Balaban J connectivity index is 2.68. The number of carboxylic acid groups (broad SMARTS) is 1. The molecular formula is C15H21NO4. The van der Waals surface area contributed by atoms with Gasteiger partial charge in [-0.05, 0) is 37.6 Å². The maximum absolute atomic E-state index is 12.1. The molecule has 0 bridgehead atoms. The average molecular weight is 279 g/mol. The van der Waals surface area contributed by atoms with Crippen molar-refractivity contribution >= 4 is 11.9 Å². The van der Waals surface area contributed by atoms with Gasteiger partial charge in [0.2, 0.25) is 0 Å². The number of aliphatic carboxylic acids is 1. The van der Waals surface area contributed by atoms with Gasteiger partial charge in [0.1, 0.15) is 11.8 Å². The van der Waals surface area contributed by atoms with E-state index in [-0.39, 0.29) is 5.91 Å². The SMILES string of the molecule is CCCCOc1ccc(C(=O)N(C)[C@@H](C)C(=O)O)cc1. The summed E-state index contributed by atoms with van der Waals surface area (Å²) in [5, 5.41) is 8.90. The Labute approximate surface area is 119 Å². The van der Waals surface area contributed by atoms with E-state index in [1.165, 1.54) is 18.9 Å². The molecule has 0 heterocycles. The first-order chi connectivity index (χ1) is 9.47. The van der Waals surface area contributed by atoms with Crippen molar-refractivity contribution in [1.29, 1.82) is 0 Å². The van der Waals surface area contributed by atoms with Crippen LogP contribution in [-0.2, 0) is 4.79 Å². The van der Waals surface area contributed by atoms with E-state index >= 15 is 0 Å². The second kappa shape index (κ2) is 7.53. The minimum absolute atomic E-state index is 0.319. The summed E-state index contributed by atoms with van der Waals surface area (Å²) >= 11 is 0. The van der Waals surface area contributed by atoms with E-state index in [1.54, 1.807) is 24.3 Å². The molecular weight excluding hydrogens is 258 g/mol. The van der Waals surface area contributed by atoms with Crippen molar-refractivity contribution in [3.63, 3.8) is 0 Å². The molecule has 1 aromatic carbocycles. The van der Waals surface area contributed by atoms with Crippen LogP contribution in [-0.4, -0.2) is 41.6 Å². The van der Waals surface area contributed by atoms with Crippen LogP contribution in [0.1, 0.15) is 37.0 Å². The molecule has 1 N–H and O–H groups in total. The predicted octanol–water partition coefficient (Wildman–Crippen LogP) is 2.41. The zero-order valence-corrected chi connectivity index (χ0v) is 12.1. The van der Waals surface area contributed by atoms with E-state index in [1.807, 2.05) is 0 Å². The molecule has 1 aromatic rings. The molecule has 0 radical (unpaired) electrons. The highest BCUT2D eigenvalue weighted by Gasteiger charge is 2.22. The number of unbranched alkanes of at least 4 members (excludes halogenated alkanes) is 1. The third-order valence-corrected chi connectivity index (χ3v) is 3.13. The Hall–Kier alpha value is -2.04. The van der Waals surface area contributed by atoms with Gasteiger partial charge in [-0.25, -0.2) is 4.79 Å². The van der Waals surface area contributed by atoms with Gasteiger partial charge in [-0.15, -0.1) is 0 Å². The average Bonchev–Trinajstić information content (AvgIpc) is 2.46. The molecule has 0 fully saturated rings. The minimum atomic E-state index is -1.03. The highest BCUT2D eigenvalue weighted by Crippen LogP contribution is 2.14. The molecule has 0 unspecified atom stereocenters. The molecule has 0 aliphatic rings. The van der Waals surface area contributed by atoms with E-state index in [4.69, 9.17) is 9.84 Å². The van der Waals surface area contributed by atoms with Crippen molar-refractivity contribution in [1.82, 2.24) is 4.90 Å². The largest absolute Gasteiger partial charge is 0.494 e. The van der Waals surface area contributed by atoms with Crippen molar-refractivity contribution < 1.29 is 19.4 Å². The molecule has 0 aromatic heterocycles. The van der Waals surface area contributed by atoms with Crippen LogP contribution < -0.4 is 4.74 Å².